The highest BCUT2D eigenvalue weighted by atomic mass is 16.5. The van der Waals surface area contributed by atoms with Crippen LogP contribution in [0, 0.1) is 5.41 Å². The molecule has 0 aliphatic carbocycles. The van der Waals surface area contributed by atoms with Crippen LogP contribution in [0.3, 0.4) is 0 Å². The van der Waals surface area contributed by atoms with Crippen molar-refractivity contribution in [2.24, 2.45) is 11.1 Å². The van der Waals surface area contributed by atoms with Gasteiger partial charge in [-0.25, -0.2) is 0 Å². The molecule has 1 aliphatic rings. The molecule has 16 heavy (non-hydrogen) atoms. The highest BCUT2D eigenvalue weighted by molar-refractivity contribution is 5.82. The number of carbonyl (C=O) groups excluding carboxylic acids is 1. The normalized spacial score (nSPS) is 29.0. The van der Waals surface area contributed by atoms with Gasteiger partial charge >= 0.3 is 0 Å². The van der Waals surface area contributed by atoms with E-state index >= 15 is 0 Å². The van der Waals surface area contributed by atoms with E-state index in [0.717, 1.165) is 0 Å². The fraction of sp³-hybridized carbons (Fsp3) is 0.917. The van der Waals surface area contributed by atoms with Crippen LogP contribution in [-0.4, -0.2) is 42.1 Å². The predicted molar refractivity (Wildman–Crippen MR) is 64.0 cm³/mol. The minimum absolute atomic E-state index is 0.0366. The smallest absolute Gasteiger partial charge is 0.240 e. The average molecular weight is 228 g/mol. The van der Waals surface area contributed by atoms with Crippen molar-refractivity contribution in [1.82, 2.24) is 4.90 Å². The molecule has 1 heterocycles. The van der Waals surface area contributed by atoms with E-state index < -0.39 is 6.04 Å². The van der Waals surface area contributed by atoms with Crippen LogP contribution < -0.4 is 5.73 Å². The second-order valence-electron chi connectivity index (χ2n) is 5.84. The standard InChI is InChI=1S/C12H24N2O2/c1-8-6-14(7-9(2)16-8)11(15)10(13)12(3,4)5/h8-10H,6-7,13H2,1-5H3. The average Bonchev–Trinajstić information content (AvgIpc) is 2.12. The highest BCUT2D eigenvalue weighted by Gasteiger charge is 2.34. The minimum atomic E-state index is -0.440. The molecule has 0 spiro atoms. The quantitative estimate of drug-likeness (QED) is 0.728. The van der Waals surface area contributed by atoms with E-state index in [-0.39, 0.29) is 23.5 Å². The minimum Gasteiger partial charge on any atom is -0.372 e. The summed E-state index contributed by atoms with van der Waals surface area (Å²) in [7, 11) is 0. The molecular formula is C12H24N2O2. The second kappa shape index (κ2) is 4.72. The highest BCUT2D eigenvalue weighted by Crippen LogP contribution is 2.21. The van der Waals surface area contributed by atoms with E-state index in [1.54, 1.807) is 0 Å². The molecule has 0 aromatic carbocycles. The molecule has 4 nitrogen and oxygen atoms in total. The summed E-state index contributed by atoms with van der Waals surface area (Å²) in [6.07, 6.45) is 0.194. The third kappa shape index (κ3) is 3.19. The lowest BCUT2D eigenvalue weighted by molar-refractivity contribution is -0.146. The molecule has 1 aliphatic heterocycles. The van der Waals surface area contributed by atoms with Crippen LogP contribution >= 0.6 is 0 Å². The molecule has 1 rings (SSSR count). The van der Waals surface area contributed by atoms with Crippen molar-refractivity contribution < 1.29 is 9.53 Å². The van der Waals surface area contributed by atoms with E-state index in [1.807, 2.05) is 39.5 Å². The van der Waals surface area contributed by atoms with Crippen molar-refractivity contribution >= 4 is 5.91 Å². The van der Waals surface area contributed by atoms with Crippen LogP contribution in [0.5, 0.6) is 0 Å². The van der Waals surface area contributed by atoms with Gasteiger partial charge in [-0.1, -0.05) is 20.8 Å². The van der Waals surface area contributed by atoms with Crippen molar-refractivity contribution in [1.29, 1.82) is 0 Å². The number of rotatable bonds is 1. The Labute approximate surface area is 98.1 Å². The molecule has 0 bridgehead atoms. The van der Waals surface area contributed by atoms with Gasteiger partial charge in [-0.15, -0.1) is 0 Å². The zero-order chi connectivity index (χ0) is 12.5. The Morgan fingerprint density at radius 1 is 1.31 bits per heavy atom. The zero-order valence-corrected chi connectivity index (χ0v) is 11.0. The number of carbonyl (C=O) groups is 1. The van der Waals surface area contributed by atoms with Gasteiger partial charge in [0, 0.05) is 13.1 Å². The summed E-state index contributed by atoms with van der Waals surface area (Å²) in [6, 6.07) is -0.440. The van der Waals surface area contributed by atoms with Crippen molar-refractivity contribution in [3.63, 3.8) is 0 Å². The summed E-state index contributed by atoms with van der Waals surface area (Å²) in [5.41, 5.74) is 5.79. The lowest BCUT2D eigenvalue weighted by Crippen LogP contribution is -2.56. The van der Waals surface area contributed by atoms with Gasteiger partial charge in [-0.05, 0) is 19.3 Å². The maximum Gasteiger partial charge on any atom is 0.240 e. The molecule has 0 aromatic rings. The van der Waals surface area contributed by atoms with Crippen LogP contribution in [0.1, 0.15) is 34.6 Å². The SMILES string of the molecule is CC1CN(C(=O)C(N)C(C)(C)C)CC(C)O1. The summed E-state index contributed by atoms with van der Waals surface area (Å²) in [5.74, 6) is 0.0366. The molecule has 0 aromatic heterocycles. The Morgan fingerprint density at radius 2 is 1.75 bits per heavy atom. The van der Waals surface area contributed by atoms with Gasteiger partial charge in [0.05, 0.1) is 18.2 Å². The molecule has 0 saturated carbocycles. The van der Waals surface area contributed by atoms with E-state index in [9.17, 15) is 4.79 Å². The molecule has 1 saturated heterocycles. The number of nitrogens with zero attached hydrogens (tertiary/aromatic N) is 1. The monoisotopic (exact) mass is 228 g/mol. The summed E-state index contributed by atoms with van der Waals surface area (Å²) in [4.78, 5) is 14.0. The first-order chi connectivity index (χ1) is 7.21. The van der Waals surface area contributed by atoms with Gasteiger partial charge in [0.2, 0.25) is 5.91 Å². The molecule has 2 N–H and O–H groups in total. The van der Waals surface area contributed by atoms with Crippen molar-refractivity contribution in [3.05, 3.63) is 0 Å². The number of nitrogens with two attached hydrogens (primary N) is 1. The van der Waals surface area contributed by atoms with E-state index in [1.165, 1.54) is 0 Å². The molecule has 4 heteroatoms. The van der Waals surface area contributed by atoms with Gasteiger partial charge in [-0.3, -0.25) is 4.79 Å². The van der Waals surface area contributed by atoms with Gasteiger partial charge < -0.3 is 15.4 Å². The Hall–Kier alpha value is -0.610. The maximum atomic E-state index is 12.2. The topological polar surface area (TPSA) is 55.6 Å². The second-order valence-corrected chi connectivity index (χ2v) is 5.84. The lowest BCUT2D eigenvalue weighted by Gasteiger charge is -2.38. The molecule has 3 unspecified atom stereocenters. The number of hydrogen-bond donors (Lipinski definition) is 1. The van der Waals surface area contributed by atoms with Gasteiger partial charge in [0.25, 0.3) is 0 Å². The van der Waals surface area contributed by atoms with Gasteiger partial charge in [0.15, 0.2) is 0 Å². The van der Waals surface area contributed by atoms with Crippen LogP contribution in [0.15, 0.2) is 0 Å². The summed E-state index contributed by atoms with van der Waals surface area (Å²) < 4.78 is 5.60. The fourth-order valence-electron chi connectivity index (χ4n) is 1.92. The van der Waals surface area contributed by atoms with Crippen LogP contribution in [0.25, 0.3) is 0 Å². The summed E-state index contributed by atoms with van der Waals surface area (Å²) in [5, 5.41) is 0. The van der Waals surface area contributed by atoms with Crippen LogP contribution in [0.4, 0.5) is 0 Å². The predicted octanol–water partition coefficient (Wildman–Crippen LogP) is 0.996. The Kier molecular flexibility index (Phi) is 3.97. The van der Waals surface area contributed by atoms with Crippen molar-refractivity contribution in [2.45, 2.75) is 52.9 Å². The Morgan fingerprint density at radius 3 is 2.12 bits per heavy atom. The van der Waals surface area contributed by atoms with Crippen LogP contribution in [-0.2, 0) is 9.53 Å². The molecule has 94 valence electrons. The number of ether oxygens (including phenoxy) is 1. The van der Waals surface area contributed by atoms with E-state index in [4.69, 9.17) is 10.5 Å². The molecule has 1 amide bonds. The fourth-order valence-corrected chi connectivity index (χ4v) is 1.92. The largest absolute Gasteiger partial charge is 0.372 e. The molecular weight excluding hydrogens is 204 g/mol. The first kappa shape index (κ1) is 13.5. The van der Waals surface area contributed by atoms with Crippen molar-refractivity contribution in [3.8, 4) is 0 Å². The van der Waals surface area contributed by atoms with Crippen molar-refractivity contribution in [2.75, 3.05) is 13.1 Å². The summed E-state index contributed by atoms with van der Waals surface area (Å²) in [6.45, 7) is 11.2. The lowest BCUT2D eigenvalue weighted by atomic mass is 9.86. The molecule has 0 radical (unpaired) electrons. The number of amides is 1. The third-order valence-electron chi connectivity index (χ3n) is 2.93. The van der Waals surface area contributed by atoms with Gasteiger partial charge in [-0.2, -0.15) is 0 Å². The number of morpholine rings is 1. The molecule has 1 fully saturated rings. The summed E-state index contributed by atoms with van der Waals surface area (Å²) >= 11 is 0. The maximum absolute atomic E-state index is 12.2. The van der Waals surface area contributed by atoms with E-state index in [0.29, 0.717) is 13.1 Å². The van der Waals surface area contributed by atoms with E-state index in [2.05, 4.69) is 0 Å². The third-order valence-corrected chi connectivity index (χ3v) is 2.93. The van der Waals surface area contributed by atoms with Gasteiger partial charge in [0.1, 0.15) is 0 Å². The zero-order valence-electron chi connectivity index (χ0n) is 11.0. The molecule has 3 atom stereocenters. The number of hydrogen-bond acceptors (Lipinski definition) is 3. The Bertz CT molecular complexity index is 250. The first-order valence-electron chi connectivity index (χ1n) is 5.91. The van der Waals surface area contributed by atoms with Crippen LogP contribution in [0.2, 0.25) is 0 Å². The Balaban J connectivity index is 2.67. The first-order valence-corrected chi connectivity index (χ1v) is 5.91.